The van der Waals surface area contributed by atoms with Crippen LogP contribution < -0.4 is 10.6 Å². The number of likely N-dealkylation sites (tertiary alicyclic amines) is 1. The lowest BCUT2D eigenvalue weighted by molar-refractivity contribution is 0.393. The highest BCUT2D eigenvalue weighted by atomic mass is 15.2. The summed E-state index contributed by atoms with van der Waals surface area (Å²) in [6.07, 6.45) is 3.76. The van der Waals surface area contributed by atoms with Crippen LogP contribution >= 0.6 is 0 Å². The molecule has 0 aliphatic carbocycles. The molecule has 0 amide bonds. The van der Waals surface area contributed by atoms with Gasteiger partial charge < -0.3 is 15.5 Å². The van der Waals surface area contributed by atoms with Crippen molar-refractivity contribution in [2.24, 2.45) is 16.8 Å². The van der Waals surface area contributed by atoms with Crippen LogP contribution in [0.3, 0.4) is 0 Å². The first-order valence-corrected chi connectivity index (χ1v) is 7.32. The first-order chi connectivity index (χ1) is 8.69. The van der Waals surface area contributed by atoms with Gasteiger partial charge in [-0.1, -0.05) is 26.7 Å². The molecule has 2 N–H and O–H groups in total. The summed E-state index contributed by atoms with van der Waals surface area (Å²) in [5.74, 6) is 2.47. The molecule has 1 heterocycles. The van der Waals surface area contributed by atoms with Crippen molar-refractivity contribution < 1.29 is 0 Å². The fourth-order valence-electron chi connectivity index (χ4n) is 2.47. The number of hydrogen-bond acceptors (Lipinski definition) is 2. The smallest absolute Gasteiger partial charge is 0.190 e. The van der Waals surface area contributed by atoms with Crippen LogP contribution in [0.2, 0.25) is 0 Å². The molecule has 0 aromatic heterocycles. The molecule has 0 bridgehead atoms. The van der Waals surface area contributed by atoms with E-state index in [0.717, 1.165) is 30.9 Å². The van der Waals surface area contributed by atoms with Crippen molar-refractivity contribution in [3.8, 4) is 0 Å². The van der Waals surface area contributed by atoms with Gasteiger partial charge in [0.05, 0.1) is 0 Å². The van der Waals surface area contributed by atoms with Gasteiger partial charge in [0.2, 0.25) is 0 Å². The van der Waals surface area contributed by atoms with Crippen LogP contribution in [0.1, 0.15) is 33.1 Å². The van der Waals surface area contributed by atoms with E-state index in [9.17, 15) is 0 Å². The molecule has 1 rings (SSSR count). The van der Waals surface area contributed by atoms with Crippen LogP contribution in [0.4, 0.5) is 0 Å². The van der Waals surface area contributed by atoms with Crippen molar-refractivity contribution >= 4 is 5.96 Å². The number of nitrogens with zero attached hydrogens (tertiary/aromatic N) is 2. The first kappa shape index (κ1) is 15.3. The molecule has 18 heavy (non-hydrogen) atoms. The summed E-state index contributed by atoms with van der Waals surface area (Å²) in [5.41, 5.74) is 0. The van der Waals surface area contributed by atoms with Crippen LogP contribution in [-0.4, -0.2) is 51.1 Å². The third kappa shape index (κ3) is 5.25. The molecular weight excluding hydrogens is 224 g/mol. The Morgan fingerprint density at radius 2 is 2.06 bits per heavy atom. The summed E-state index contributed by atoms with van der Waals surface area (Å²) in [6.45, 7) is 8.99. The Bertz CT molecular complexity index is 248. The zero-order chi connectivity index (χ0) is 13.4. The predicted octanol–water partition coefficient (Wildman–Crippen LogP) is 1.54. The van der Waals surface area contributed by atoms with E-state index in [1.165, 1.54) is 32.4 Å². The monoisotopic (exact) mass is 254 g/mol. The highest BCUT2D eigenvalue weighted by molar-refractivity contribution is 5.79. The average molecular weight is 254 g/mol. The fraction of sp³-hybridized carbons (Fsp3) is 0.929. The second-order valence-electron chi connectivity index (χ2n) is 5.43. The largest absolute Gasteiger partial charge is 0.356 e. The SMILES string of the molecule is CCC(CC)CNC(=NC)NCC1CCN(C)C1. The number of guanidine groups is 1. The molecule has 4 heteroatoms. The minimum Gasteiger partial charge on any atom is -0.356 e. The number of nitrogens with one attached hydrogen (secondary N) is 2. The van der Waals surface area contributed by atoms with Crippen LogP contribution in [0, 0.1) is 11.8 Å². The highest BCUT2D eigenvalue weighted by Crippen LogP contribution is 2.12. The van der Waals surface area contributed by atoms with E-state index in [4.69, 9.17) is 0 Å². The molecule has 0 saturated carbocycles. The van der Waals surface area contributed by atoms with Gasteiger partial charge in [-0.05, 0) is 31.8 Å². The Morgan fingerprint density at radius 1 is 1.33 bits per heavy atom. The molecule has 1 aliphatic heterocycles. The lowest BCUT2D eigenvalue weighted by Crippen LogP contribution is -2.42. The van der Waals surface area contributed by atoms with Crippen molar-refractivity contribution in [1.82, 2.24) is 15.5 Å². The van der Waals surface area contributed by atoms with Gasteiger partial charge in [0, 0.05) is 26.7 Å². The minimum atomic E-state index is 0.751. The van der Waals surface area contributed by atoms with E-state index in [1.54, 1.807) is 0 Å². The van der Waals surface area contributed by atoms with Crippen LogP contribution in [-0.2, 0) is 0 Å². The van der Waals surface area contributed by atoms with Crippen molar-refractivity contribution in [1.29, 1.82) is 0 Å². The van der Waals surface area contributed by atoms with E-state index in [1.807, 2.05) is 7.05 Å². The van der Waals surface area contributed by atoms with Gasteiger partial charge in [-0.3, -0.25) is 4.99 Å². The zero-order valence-corrected chi connectivity index (χ0v) is 12.5. The van der Waals surface area contributed by atoms with E-state index in [2.05, 4.69) is 41.4 Å². The van der Waals surface area contributed by atoms with E-state index in [-0.39, 0.29) is 0 Å². The first-order valence-electron chi connectivity index (χ1n) is 7.32. The van der Waals surface area contributed by atoms with Crippen molar-refractivity contribution in [3.05, 3.63) is 0 Å². The number of aliphatic imine (C=N–C) groups is 1. The molecule has 0 aromatic carbocycles. The fourth-order valence-corrected chi connectivity index (χ4v) is 2.47. The maximum absolute atomic E-state index is 4.29. The quantitative estimate of drug-likeness (QED) is 0.558. The van der Waals surface area contributed by atoms with Gasteiger partial charge >= 0.3 is 0 Å². The Kier molecular flexibility index (Phi) is 7.09. The van der Waals surface area contributed by atoms with Gasteiger partial charge in [-0.25, -0.2) is 0 Å². The van der Waals surface area contributed by atoms with Gasteiger partial charge in [-0.15, -0.1) is 0 Å². The molecule has 1 atom stereocenters. The molecule has 4 nitrogen and oxygen atoms in total. The van der Waals surface area contributed by atoms with Crippen molar-refractivity contribution in [2.75, 3.05) is 40.3 Å². The molecule has 1 aliphatic rings. The zero-order valence-electron chi connectivity index (χ0n) is 12.5. The Morgan fingerprint density at radius 3 is 2.56 bits per heavy atom. The Balaban J connectivity index is 2.21. The molecule has 1 fully saturated rings. The van der Waals surface area contributed by atoms with E-state index >= 15 is 0 Å². The second kappa shape index (κ2) is 8.35. The number of rotatable bonds is 6. The second-order valence-corrected chi connectivity index (χ2v) is 5.43. The maximum atomic E-state index is 4.29. The Hall–Kier alpha value is -0.770. The van der Waals surface area contributed by atoms with Crippen LogP contribution in [0.5, 0.6) is 0 Å². The lowest BCUT2D eigenvalue weighted by Gasteiger charge is -2.18. The van der Waals surface area contributed by atoms with Crippen molar-refractivity contribution in [2.45, 2.75) is 33.1 Å². The summed E-state index contributed by atoms with van der Waals surface area (Å²) in [5, 5.41) is 6.88. The summed E-state index contributed by atoms with van der Waals surface area (Å²) in [4.78, 5) is 6.68. The molecule has 0 aromatic rings. The van der Waals surface area contributed by atoms with E-state index in [0.29, 0.717) is 0 Å². The summed E-state index contributed by atoms with van der Waals surface area (Å²) >= 11 is 0. The van der Waals surface area contributed by atoms with Gasteiger partial charge in [-0.2, -0.15) is 0 Å². The van der Waals surface area contributed by atoms with E-state index < -0.39 is 0 Å². The summed E-state index contributed by atoms with van der Waals surface area (Å²) in [7, 11) is 4.04. The summed E-state index contributed by atoms with van der Waals surface area (Å²) in [6, 6.07) is 0. The average Bonchev–Trinajstić information content (AvgIpc) is 2.80. The van der Waals surface area contributed by atoms with Crippen LogP contribution in [0.15, 0.2) is 4.99 Å². The minimum absolute atomic E-state index is 0.751. The molecular formula is C14H30N4. The standard InChI is InChI=1S/C14H30N4/c1-5-12(6-2)9-16-14(15-3)17-10-13-7-8-18(4)11-13/h12-13H,5-11H2,1-4H3,(H2,15,16,17). The normalized spacial score (nSPS) is 21.6. The van der Waals surface area contributed by atoms with Crippen molar-refractivity contribution in [3.63, 3.8) is 0 Å². The molecule has 0 radical (unpaired) electrons. The highest BCUT2D eigenvalue weighted by Gasteiger charge is 2.19. The molecule has 1 saturated heterocycles. The van der Waals surface area contributed by atoms with Gasteiger partial charge in [0.25, 0.3) is 0 Å². The Labute approximate surface area is 112 Å². The molecule has 0 spiro atoms. The third-order valence-corrected chi connectivity index (χ3v) is 3.98. The maximum Gasteiger partial charge on any atom is 0.190 e. The predicted molar refractivity (Wildman–Crippen MR) is 79.0 cm³/mol. The molecule has 1 unspecified atom stereocenters. The van der Waals surface area contributed by atoms with Gasteiger partial charge in [0.15, 0.2) is 5.96 Å². The topological polar surface area (TPSA) is 39.7 Å². The third-order valence-electron chi connectivity index (χ3n) is 3.98. The number of hydrogen-bond donors (Lipinski definition) is 2. The van der Waals surface area contributed by atoms with Gasteiger partial charge in [0.1, 0.15) is 0 Å². The summed E-state index contributed by atoms with van der Waals surface area (Å²) < 4.78 is 0. The van der Waals surface area contributed by atoms with Crippen LogP contribution in [0.25, 0.3) is 0 Å². The molecule has 106 valence electrons. The lowest BCUT2D eigenvalue weighted by atomic mass is 10.0.